The summed E-state index contributed by atoms with van der Waals surface area (Å²) in [6.45, 7) is 11.1. The van der Waals surface area contributed by atoms with E-state index in [9.17, 15) is 4.79 Å². The molecule has 2 fully saturated rings. The van der Waals surface area contributed by atoms with E-state index < -0.39 is 0 Å². The molecular weight excluding hydrogens is 312 g/mol. The Kier molecular flexibility index (Phi) is 12.8. The van der Waals surface area contributed by atoms with Gasteiger partial charge in [-0.1, -0.05) is 39.5 Å². The third-order valence-electron chi connectivity index (χ3n) is 5.52. The van der Waals surface area contributed by atoms with Gasteiger partial charge in [-0.05, 0) is 44.4 Å². The quantitative estimate of drug-likeness (QED) is 0.816. The Morgan fingerprint density at radius 3 is 2.36 bits per heavy atom. The number of rotatable bonds is 5. The number of hydrogen-bond acceptors (Lipinski definition) is 4. The van der Waals surface area contributed by atoms with Crippen molar-refractivity contribution in [3.63, 3.8) is 0 Å². The number of carbonyl (C=O) groups excluding carboxylic acids is 1. The average Bonchev–Trinajstić information content (AvgIpc) is 3.27. The van der Waals surface area contributed by atoms with Gasteiger partial charge in [0.1, 0.15) is 0 Å². The number of nitriles is 2. The van der Waals surface area contributed by atoms with Crippen molar-refractivity contribution in [3.8, 4) is 12.6 Å². The van der Waals surface area contributed by atoms with Crippen LogP contribution in [0.15, 0.2) is 0 Å². The molecule has 0 aromatic carbocycles. The van der Waals surface area contributed by atoms with E-state index in [0.717, 1.165) is 31.2 Å². The lowest BCUT2D eigenvalue weighted by Gasteiger charge is -2.19. The summed E-state index contributed by atoms with van der Waals surface area (Å²) in [4.78, 5) is 12.9. The number of hydrogen-bond donors (Lipinski definition) is 1. The zero-order valence-electron chi connectivity index (χ0n) is 16.3. The number of likely N-dealkylation sites (tertiary alicyclic amines) is 1. The largest absolute Gasteiger partial charge is 0.339 e. The second-order valence-corrected chi connectivity index (χ2v) is 7.15. The monoisotopic (exact) mass is 348 g/mol. The first kappa shape index (κ1) is 23.4. The fraction of sp³-hybridized carbons (Fsp3) is 0.850. The van der Waals surface area contributed by atoms with Gasteiger partial charge in [0.05, 0.1) is 12.6 Å². The summed E-state index contributed by atoms with van der Waals surface area (Å²) in [7, 11) is 0. The number of amides is 1. The standard InChI is InChI=1S/C12H21N.C7H14N2O.CHN/c1-3-5-6-12-8-10(9-13)7-11(12)4-2;1-6-3-2-4-9(6)7(10)5-8;1-2/h10-12H,3-8H2,1-2H3;6H,2-5,8H2,1H3;1H/t10?,11-,12+;;/m0../s1. The Morgan fingerprint density at radius 1 is 1.28 bits per heavy atom. The Bertz CT molecular complexity index is 429. The summed E-state index contributed by atoms with van der Waals surface area (Å²) >= 11 is 0. The molecule has 0 radical (unpaired) electrons. The topological polar surface area (TPSA) is 93.9 Å². The lowest BCUT2D eigenvalue weighted by molar-refractivity contribution is -0.130. The molecule has 2 aliphatic rings. The highest BCUT2D eigenvalue weighted by molar-refractivity contribution is 5.78. The van der Waals surface area contributed by atoms with Gasteiger partial charge in [0, 0.05) is 25.1 Å². The molecule has 0 aromatic rings. The summed E-state index contributed by atoms with van der Waals surface area (Å²) in [6, 6.07) is 2.85. The van der Waals surface area contributed by atoms with Crippen LogP contribution in [0.1, 0.15) is 72.1 Å². The Hall–Kier alpha value is -1.59. The van der Waals surface area contributed by atoms with Crippen LogP contribution in [0.5, 0.6) is 0 Å². The first-order valence-corrected chi connectivity index (χ1v) is 9.72. The van der Waals surface area contributed by atoms with Crippen LogP contribution in [0.2, 0.25) is 0 Å². The summed E-state index contributed by atoms with van der Waals surface area (Å²) in [5.74, 6) is 2.16. The van der Waals surface area contributed by atoms with Gasteiger partial charge in [-0.15, -0.1) is 0 Å². The van der Waals surface area contributed by atoms with Crippen molar-refractivity contribution >= 4 is 5.91 Å². The molecule has 1 heterocycles. The average molecular weight is 349 g/mol. The second-order valence-electron chi connectivity index (χ2n) is 7.15. The van der Waals surface area contributed by atoms with Gasteiger partial charge < -0.3 is 10.6 Å². The second kappa shape index (κ2) is 13.7. The Balaban J connectivity index is 0.000000430. The maximum Gasteiger partial charge on any atom is 0.236 e. The smallest absolute Gasteiger partial charge is 0.236 e. The summed E-state index contributed by atoms with van der Waals surface area (Å²) in [5, 5.41) is 15.4. The van der Waals surface area contributed by atoms with Crippen molar-refractivity contribution in [2.45, 2.75) is 78.2 Å². The molecule has 1 saturated carbocycles. The van der Waals surface area contributed by atoms with E-state index in [-0.39, 0.29) is 12.5 Å². The minimum absolute atomic E-state index is 0.0880. The van der Waals surface area contributed by atoms with Crippen LogP contribution < -0.4 is 5.73 Å². The number of nitrogens with two attached hydrogens (primary N) is 1. The fourth-order valence-electron chi connectivity index (χ4n) is 4.06. The van der Waals surface area contributed by atoms with Gasteiger partial charge in [0.25, 0.3) is 0 Å². The predicted molar refractivity (Wildman–Crippen MR) is 101 cm³/mol. The minimum atomic E-state index is 0.0880. The Morgan fingerprint density at radius 2 is 1.92 bits per heavy atom. The molecule has 5 nitrogen and oxygen atoms in total. The highest BCUT2D eigenvalue weighted by Crippen LogP contribution is 2.40. The van der Waals surface area contributed by atoms with E-state index in [1.54, 1.807) is 0 Å². The van der Waals surface area contributed by atoms with Gasteiger partial charge >= 0.3 is 0 Å². The molecule has 0 bridgehead atoms. The number of carbonyl (C=O) groups is 1. The van der Waals surface area contributed by atoms with Crippen molar-refractivity contribution in [3.05, 3.63) is 0 Å². The lowest BCUT2D eigenvalue weighted by atomic mass is 9.89. The molecule has 25 heavy (non-hydrogen) atoms. The lowest BCUT2D eigenvalue weighted by Crippen LogP contribution is -2.37. The van der Waals surface area contributed by atoms with Gasteiger partial charge in [0.2, 0.25) is 5.91 Å². The van der Waals surface area contributed by atoms with Gasteiger partial charge in [-0.3, -0.25) is 4.79 Å². The van der Waals surface area contributed by atoms with Crippen molar-refractivity contribution in [2.75, 3.05) is 13.1 Å². The van der Waals surface area contributed by atoms with Gasteiger partial charge in [-0.2, -0.15) is 5.26 Å². The molecule has 1 amide bonds. The first-order chi connectivity index (χ1) is 12.1. The van der Waals surface area contributed by atoms with Crippen LogP contribution in [-0.4, -0.2) is 29.9 Å². The molecule has 5 heteroatoms. The third kappa shape index (κ3) is 7.88. The van der Waals surface area contributed by atoms with E-state index in [0.29, 0.717) is 12.0 Å². The first-order valence-electron chi connectivity index (χ1n) is 9.72. The molecule has 1 aliphatic carbocycles. The van der Waals surface area contributed by atoms with Crippen LogP contribution in [-0.2, 0) is 4.79 Å². The third-order valence-corrected chi connectivity index (χ3v) is 5.52. The van der Waals surface area contributed by atoms with E-state index in [1.807, 2.05) is 4.90 Å². The van der Waals surface area contributed by atoms with Crippen LogP contribution in [0, 0.1) is 40.9 Å². The maximum absolute atomic E-state index is 11.0. The van der Waals surface area contributed by atoms with Crippen molar-refractivity contribution in [1.82, 2.24) is 4.90 Å². The summed E-state index contributed by atoms with van der Waals surface area (Å²) in [6.07, 6.45) is 9.87. The number of unbranched alkanes of at least 4 members (excludes halogenated alkanes) is 1. The van der Waals surface area contributed by atoms with Crippen molar-refractivity contribution in [1.29, 1.82) is 10.5 Å². The van der Waals surface area contributed by atoms with E-state index in [4.69, 9.17) is 16.3 Å². The molecular formula is C20H36N4O. The molecule has 0 spiro atoms. The maximum atomic E-state index is 11.0. The zero-order valence-corrected chi connectivity index (χ0v) is 16.3. The summed E-state index contributed by atoms with van der Waals surface area (Å²) < 4.78 is 0. The van der Waals surface area contributed by atoms with Crippen molar-refractivity contribution < 1.29 is 4.79 Å². The van der Waals surface area contributed by atoms with Gasteiger partial charge in [0.15, 0.2) is 0 Å². The normalized spacial score (nSPS) is 27.5. The molecule has 1 aliphatic heterocycles. The molecule has 142 valence electrons. The SMILES string of the molecule is C#N.CC1CCCN1C(=O)CN.CCCC[C@@H]1CC(C#N)C[C@@H]1CC. The van der Waals surface area contributed by atoms with Crippen molar-refractivity contribution in [2.24, 2.45) is 23.5 Å². The minimum Gasteiger partial charge on any atom is -0.339 e. The van der Waals surface area contributed by atoms with Crippen LogP contribution in [0.25, 0.3) is 0 Å². The van der Waals surface area contributed by atoms with Crippen LogP contribution in [0.4, 0.5) is 0 Å². The van der Waals surface area contributed by atoms with Crippen LogP contribution in [0.3, 0.4) is 0 Å². The van der Waals surface area contributed by atoms with E-state index in [1.165, 1.54) is 38.5 Å². The molecule has 2 rings (SSSR count). The molecule has 2 unspecified atom stereocenters. The fourth-order valence-corrected chi connectivity index (χ4v) is 4.06. The van der Waals surface area contributed by atoms with E-state index in [2.05, 4.69) is 33.4 Å². The number of nitrogens with zero attached hydrogens (tertiary/aromatic N) is 3. The van der Waals surface area contributed by atoms with E-state index >= 15 is 0 Å². The van der Waals surface area contributed by atoms with Crippen LogP contribution >= 0.6 is 0 Å². The predicted octanol–water partition coefficient (Wildman–Crippen LogP) is 3.85. The Labute approximate surface area is 154 Å². The highest BCUT2D eigenvalue weighted by Gasteiger charge is 2.32. The zero-order chi connectivity index (χ0) is 19.2. The summed E-state index contributed by atoms with van der Waals surface area (Å²) in [5.41, 5.74) is 5.22. The molecule has 4 atom stereocenters. The molecule has 0 aromatic heterocycles. The molecule has 2 N–H and O–H groups in total. The van der Waals surface area contributed by atoms with Gasteiger partial charge in [-0.25, -0.2) is 5.26 Å². The highest BCUT2D eigenvalue weighted by atomic mass is 16.2. The molecule has 1 saturated heterocycles.